The van der Waals surface area contributed by atoms with Crippen molar-refractivity contribution >= 4 is 28.4 Å². The largest absolute Gasteiger partial charge is 0.487 e. The Morgan fingerprint density at radius 3 is 2.60 bits per heavy atom. The van der Waals surface area contributed by atoms with Crippen molar-refractivity contribution in [2.24, 2.45) is 0 Å². The fourth-order valence-corrected chi connectivity index (χ4v) is 4.44. The topological polar surface area (TPSA) is 91.4 Å². The molecule has 2 aromatic heterocycles. The molecule has 0 atom stereocenters. The number of hydrogen-bond acceptors (Lipinski definition) is 5. The predicted molar refractivity (Wildman–Crippen MR) is 138 cm³/mol. The van der Waals surface area contributed by atoms with Crippen molar-refractivity contribution in [3.8, 4) is 17.0 Å². The first-order chi connectivity index (χ1) is 17.0. The van der Waals surface area contributed by atoms with Crippen molar-refractivity contribution in [2.75, 3.05) is 11.1 Å². The fraction of sp³-hybridized carbons (Fsp3) is 0.286. The maximum atomic E-state index is 11.9. The molecule has 0 spiro atoms. The number of nitrogen functional groups attached to an aromatic ring is 1. The van der Waals surface area contributed by atoms with Crippen LogP contribution in [0.4, 0.5) is 16.2 Å². The molecule has 35 heavy (non-hydrogen) atoms. The van der Waals surface area contributed by atoms with E-state index in [-0.39, 0.29) is 6.10 Å². The fourth-order valence-electron chi connectivity index (χ4n) is 4.44. The van der Waals surface area contributed by atoms with E-state index >= 15 is 0 Å². The van der Waals surface area contributed by atoms with Gasteiger partial charge in [-0.25, -0.2) is 4.79 Å². The van der Waals surface area contributed by atoms with Crippen LogP contribution >= 0.6 is 0 Å². The van der Waals surface area contributed by atoms with Gasteiger partial charge >= 0.3 is 6.09 Å². The van der Waals surface area contributed by atoms with Crippen LogP contribution in [0.1, 0.15) is 44.8 Å². The first-order valence-corrected chi connectivity index (χ1v) is 12.0. The lowest BCUT2D eigenvalue weighted by Gasteiger charge is -2.30. The van der Waals surface area contributed by atoms with Gasteiger partial charge < -0.3 is 19.8 Å². The minimum atomic E-state index is -0.464. The summed E-state index contributed by atoms with van der Waals surface area (Å²) in [6, 6.07) is 20.0. The molecular weight excluding hydrogens is 440 g/mol. The molecule has 1 saturated carbocycles. The average Bonchev–Trinajstić information content (AvgIpc) is 3.09. The van der Waals surface area contributed by atoms with E-state index in [9.17, 15) is 4.79 Å². The maximum Gasteiger partial charge on any atom is 0.411 e. The van der Waals surface area contributed by atoms with Gasteiger partial charge in [0.15, 0.2) is 0 Å². The Balaban J connectivity index is 1.47. The molecule has 0 unspecified atom stereocenters. The van der Waals surface area contributed by atoms with Gasteiger partial charge in [0.25, 0.3) is 0 Å². The van der Waals surface area contributed by atoms with E-state index in [0.717, 1.165) is 52.1 Å². The van der Waals surface area contributed by atoms with Crippen molar-refractivity contribution in [3.05, 3.63) is 72.6 Å². The number of carbonyl (C=O) groups excluding carboxylic acids is 1. The number of nitrogens with one attached hydrogen (secondary N) is 1. The lowest BCUT2D eigenvalue weighted by molar-refractivity contribution is 0.130. The normalized spacial score (nSPS) is 13.6. The summed E-state index contributed by atoms with van der Waals surface area (Å²) >= 11 is 0. The summed E-state index contributed by atoms with van der Waals surface area (Å²) in [5.41, 5.74) is 12.1. The van der Waals surface area contributed by atoms with Crippen LogP contribution in [0.3, 0.4) is 0 Å². The van der Waals surface area contributed by atoms with E-state index < -0.39 is 6.09 Å². The smallest absolute Gasteiger partial charge is 0.411 e. The summed E-state index contributed by atoms with van der Waals surface area (Å²) in [5.74, 6) is 0.788. The van der Waals surface area contributed by atoms with Gasteiger partial charge in [0, 0.05) is 34.9 Å². The van der Waals surface area contributed by atoms with Gasteiger partial charge in [-0.05, 0) is 69.5 Å². The van der Waals surface area contributed by atoms with Gasteiger partial charge in [-0.1, -0.05) is 18.2 Å². The second-order valence-electron chi connectivity index (χ2n) is 9.16. The van der Waals surface area contributed by atoms with Gasteiger partial charge in [-0.2, -0.15) is 0 Å². The van der Waals surface area contributed by atoms with Gasteiger partial charge in [0.05, 0.1) is 28.7 Å². The number of nitrogens with two attached hydrogens (primary N) is 1. The van der Waals surface area contributed by atoms with E-state index in [2.05, 4.69) is 20.9 Å². The molecule has 7 nitrogen and oxygen atoms in total. The zero-order valence-electron chi connectivity index (χ0n) is 20.0. The van der Waals surface area contributed by atoms with Gasteiger partial charge in [-0.15, -0.1) is 0 Å². The molecule has 180 valence electrons. The SMILES string of the molecule is CC(C)OC(=O)Nc1ccc(-c2c(N)c3ccc(OCc4ccccn4)cc3n2C2CCC2)cc1. The van der Waals surface area contributed by atoms with Crippen LogP contribution in [-0.4, -0.2) is 21.7 Å². The van der Waals surface area contributed by atoms with Crippen LogP contribution in [0.5, 0.6) is 5.75 Å². The predicted octanol–water partition coefficient (Wildman–Crippen LogP) is 6.55. The third-order valence-corrected chi connectivity index (χ3v) is 6.32. The minimum Gasteiger partial charge on any atom is -0.487 e. The molecule has 2 heterocycles. The Morgan fingerprint density at radius 2 is 1.94 bits per heavy atom. The zero-order chi connectivity index (χ0) is 24.4. The highest BCUT2D eigenvalue weighted by molar-refractivity contribution is 6.01. The monoisotopic (exact) mass is 470 g/mol. The van der Waals surface area contributed by atoms with Gasteiger partial charge in [0.1, 0.15) is 12.4 Å². The molecule has 0 aliphatic heterocycles. The first kappa shape index (κ1) is 22.8. The average molecular weight is 471 g/mol. The number of fused-ring (bicyclic) bond motifs is 1. The molecule has 0 bridgehead atoms. The van der Waals surface area contributed by atoms with Crippen molar-refractivity contribution in [1.82, 2.24) is 9.55 Å². The highest BCUT2D eigenvalue weighted by Gasteiger charge is 2.27. The molecule has 4 aromatic rings. The standard InChI is InChI=1S/C28H30N4O3/c1-18(2)35-28(33)31-20-11-9-19(10-12-20)27-26(29)24-14-13-23(34-17-21-6-3-4-15-30-21)16-25(24)32(27)22-7-5-8-22/h3-4,6,9-16,18,22H,5,7-8,17,29H2,1-2H3,(H,31,33). The van der Waals surface area contributed by atoms with Crippen molar-refractivity contribution in [3.63, 3.8) is 0 Å². The number of pyridine rings is 1. The highest BCUT2D eigenvalue weighted by Crippen LogP contribution is 2.45. The lowest BCUT2D eigenvalue weighted by Crippen LogP contribution is -2.18. The first-order valence-electron chi connectivity index (χ1n) is 12.0. The maximum absolute atomic E-state index is 11.9. The number of ether oxygens (including phenoxy) is 2. The molecule has 3 N–H and O–H groups in total. The summed E-state index contributed by atoms with van der Waals surface area (Å²) in [6.45, 7) is 4.05. The summed E-state index contributed by atoms with van der Waals surface area (Å²) in [5, 5.41) is 3.78. The van der Waals surface area contributed by atoms with Crippen molar-refractivity contribution in [2.45, 2.75) is 51.9 Å². The Kier molecular flexibility index (Phi) is 6.31. The number of carbonyl (C=O) groups is 1. The zero-order valence-corrected chi connectivity index (χ0v) is 20.0. The van der Waals surface area contributed by atoms with Crippen LogP contribution in [0, 0.1) is 0 Å². The molecule has 5 rings (SSSR count). The number of hydrogen-bond donors (Lipinski definition) is 2. The van der Waals surface area contributed by atoms with Crippen LogP contribution < -0.4 is 15.8 Å². The third-order valence-electron chi connectivity index (χ3n) is 6.32. The second kappa shape index (κ2) is 9.70. The number of anilines is 2. The molecule has 1 aliphatic rings. The number of aromatic nitrogens is 2. The van der Waals surface area contributed by atoms with E-state index in [0.29, 0.717) is 18.3 Å². The quantitative estimate of drug-likeness (QED) is 0.320. The van der Waals surface area contributed by atoms with Crippen molar-refractivity contribution < 1.29 is 14.3 Å². The molecule has 0 radical (unpaired) electrons. The van der Waals surface area contributed by atoms with E-state index in [1.807, 2.05) is 68.4 Å². The summed E-state index contributed by atoms with van der Waals surface area (Å²) in [7, 11) is 0. The number of amides is 1. The molecule has 7 heteroatoms. The molecule has 0 saturated heterocycles. The Hall–Kier alpha value is -4.00. The number of benzene rings is 2. The van der Waals surface area contributed by atoms with E-state index in [4.69, 9.17) is 15.2 Å². The molecule has 2 aromatic carbocycles. The number of nitrogens with zero attached hydrogens (tertiary/aromatic N) is 2. The van der Waals surface area contributed by atoms with Crippen molar-refractivity contribution in [1.29, 1.82) is 0 Å². The minimum absolute atomic E-state index is 0.176. The Morgan fingerprint density at radius 1 is 1.14 bits per heavy atom. The number of rotatable bonds is 7. The van der Waals surface area contributed by atoms with Crippen LogP contribution in [0.15, 0.2) is 66.9 Å². The van der Waals surface area contributed by atoms with E-state index in [1.165, 1.54) is 6.42 Å². The molecule has 1 aliphatic carbocycles. The summed E-state index contributed by atoms with van der Waals surface area (Å²) in [4.78, 5) is 16.3. The van der Waals surface area contributed by atoms with Crippen LogP contribution in [-0.2, 0) is 11.3 Å². The van der Waals surface area contributed by atoms with Crippen LogP contribution in [0.25, 0.3) is 22.2 Å². The van der Waals surface area contributed by atoms with E-state index in [1.54, 1.807) is 6.20 Å². The van der Waals surface area contributed by atoms with Gasteiger partial charge in [-0.3, -0.25) is 10.3 Å². The molecular formula is C28H30N4O3. The Labute approximate surface area is 204 Å². The van der Waals surface area contributed by atoms with Gasteiger partial charge in [0.2, 0.25) is 0 Å². The highest BCUT2D eigenvalue weighted by atomic mass is 16.6. The summed E-state index contributed by atoms with van der Waals surface area (Å²) in [6.07, 6.45) is 4.58. The third kappa shape index (κ3) is 4.80. The molecule has 1 fully saturated rings. The lowest BCUT2D eigenvalue weighted by atomic mass is 9.92. The second-order valence-corrected chi connectivity index (χ2v) is 9.16. The molecule has 1 amide bonds. The summed E-state index contributed by atoms with van der Waals surface area (Å²) < 4.78 is 13.6. The van der Waals surface area contributed by atoms with Crippen LogP contribution in [0.2, 0.25) is 0 Å². The Bertz CT molecular complexity index is 1330.